The van der Waals surface area contributed by atoms with Crippen molar-refractivity contribution in [2.24, 2.45) is 11.8 Å². The minimum absolute atomic E-state index is 0.0407. The van der Waals surface area contributed by atoms with Crippen LogP contribution in [0.5, 0.6) is 0 Å². The van der Waals surface area contributed by atoms with Crippen LogP contribution < -0.4 is 10.6 Å². The smallest absolute Gasteiger partial charge is 0.223 e. The second-order valence-electron chi connectivity index (χ2n) is 4.78. The van der Waals surface area contributed by atoms with Gasteiger partial charge < -0.3 is 15.7 Å². The Kier molecular flexibility index (Phi) is 4.11. The summed E-state index contributed by atoms with van der Waals surface area (Å²) >= 11 is 0. The summed E-state index contributed by atoms with van der Waals surface area (Å²) in [5, 5.41) is 15.7. The fourth-order valence-corrected chi connectivity index (χ4v) is 1.44. The van der Waals surface area contributed by atoms with Crippen molar-refractivity contribution >= 4 is 5.91 Å². The van der Waals surface area contributed by atoms with Crippen LogP contribution in [0.1, 0.15) is 27.2 Å². The number of carbonyl (C=O) groups excluding carboxylic acids is 1. The van der Waals surface area contributed by atoms with E-state index >= 15 is 0 Å². The molecule has 1 heterocycles. The van der Waals surface area contributed by atoms with Crippen LogP contribution >= 0.6 is 0 Å². The first-order valence-corrected chi connectivity index (χ1v) is 5.67. The molecule has 0 radical (unpaired) electrons. The van der Waals surface area contributed by atoms with Gasteiger partial charge >= 0.3 is 0 Å². The standard InChI is InChI=1S/C11H22N2O2/c1-4-11(3,15)7-13-10(14)8(2)9-5-12-6-9/h8-9,12,15H,4-7H2,1-3H3,(H,13,14). The lowest BCUT2D eigenvalue weighted by Gasteiger charge is -2.32. The van der Waals surface area contributed by atoms with Crippen LogP contribution in [-0.2, 0) is 4.79 Å². The molecule has 0 aromatic heterocycles. The molecule has 0 aliphatic carbocycles. The minimum atomic E-state index is -0.784. The van der Waals surface area contributed by atoms with Gasteiger partial charge in [-0.1, -0.05) is 13.8 Å². The number of aliphatic hydroxyl groups is 1. The second-order valence-corrected chi connectivity index (χ2v) is 4.78. The summed E-state index contributed by atoms with van der Waals surface area (Å²) < 4.78 is 0. The Morgan fingerprint density at radius 3 is 2.67 bits per heavy atom. The molecule has 0 spiro atoms. The third-order valence-electron chi connectivity index (χ3n) is 3.34. The molecule has 0 aromatic rings. The van der Waals surface area contributed by atoms with E-state index in [1.807, 2.05) is 13.8 Å². The average molecular weight is 214 g/mol. The minimum Gasteiger partial charge on any atom is -0.388 e. The molecule has 0 saturated carbocycles. The lowest BCUT2D eigenvalue weighted by molar-refractivity contribution is -0.127. The molecule has 0 aromatic carbocycles. The van der Waals surface area contributed by atoms with E-state index < -0.39 is 5.60 Å². The highest BCUT2D eigenvalue weighted by molar-refractivity contribution is 5.78. The molecule has 15 heavy (non-hydrogen) atoms. The summed E-state index contributed by atoms with van der Waals surface area (Å²) in [7, 11) is 0. The van der Waals surface area contributed by atoms with Gasteiger partial charge in [0.1, 0.15) is 0 Å². The SMILES string of the molecule is CCC(C)(O)CNC(=O)C(C)C1CNC1. The number of nitrogens with one attached hydrogen (secondary N) is 2. The van der Waals surface area contributed by atoms with E-state index in [0.717, 1.165) is 13.1 Å². The maximum Gasteiger partial charge on any atom is 0.223 e. The molecule has 4 nitrogen and oxygen atoms in total. The zero-order valence-corrected chi connectivity index (χ0v) is 9.84. The Balaban J connectivity index is 2.28. The molecule has 4 heteroatoms. The molecular weight excluding hydrogens is 192 g/mol. The Bertz CT molecular complexity index is 225. The van der Waals surface area contributed by atoms with Crippen LogP contribution in [0.2, 0.25) is 0 Å². The lowest BCUT2D eigenvalue weighted by atomic mass is 9.88. The van der Waals surface area contributed by atoms with Crippen LogP contribution in [0, 0.1) is 11.8 Å². The molecule has 0 bridgehead atoms. The molecule has 1 aliphatic heterocycles. The van der Waals surface area contributed by atoms with E-state index in [9.17, 15) is 9.90 Å². The van der Waals surface area contributed by atoms with E-state index in [1.54, 1.807) is 6.92 Å². The van der Waals surface area contributed by atoms with Crippen LogP contribution in [0.25, 0.3) is 0 Å². The van der Waals surface area contributed by atoms with Crippen LogP contribution in [0.3, 0.4) is 0 Å². The molecule has 1 aliphatic rings. The van der Waals surface area contributed by atoms with Gasteiger partial charge in [0.25, 0.3) is 0 Å². The first-order valence-electron chi connectivity index (χ1n) is 5.67. The summed E-state index contributed by atoms with van der Waals surface area (Å²) in [6.07, 6.45) is 0.645. The number of hydrogen-bond acceptors (Lipinski definition) is 3. The van der Waals surface area contributed by atoms with E-state index in [4.69, 9.17) is 0 Å². The van der Waals surface area contributed by atoms with Crippen LogP contribution in [0.4, 0.5) is 0 Å². The lowest BCUT2D eigenvalue weighted by Crippen LogP contribution is -2.51. The topological polar surface area (TPSA) is 61.4 Å². The van der Waals surface area contributed by atoms with Crippen molar-refractivity contribution in [3.05, 3.63) is 0 Å². The normalized spacial score (nSPS) is 22.7. The molecule has 2 atom stereocenters. The van der Waals surface area contributed by atoms with Gasteiger partial charge in [-0.15, -0.1) is 0 Å². The molecule has 1 fully saturated rings. The summed E-state index contributed by atoms with van der Waals surface area (Å²) in [5.74, 6) is 0.547. The number of amides is 1. The first kappa shape index (κ1) is 12.5. The molecular formula is C11H22N2O2. The zero-order valence-electron chi connectivity index (χ0n) is 9.84. The molecule has 2 unspecified atom stereocenters. The summed E-state index contributed by atoms with van der Waals surface area (Å²) in [4.78, 5) is 11.7. The highest BCUT2D eigenvalue weighted by atomic mass is 16.3. The van der Waals surface area contributed by atoms with Gasteiger partial charge in [-0.05, 0) is 32.4 Å². The monoisotopic (exact) mass is 214 g/mol. The van der Waals surface area contributed by atoms with Gasteiger partial charge in [-0.2, -0.15) is 0 Å². The van der Waals surface area contributed by atoms with E-state index in [2.05, 4.69) is 10.6 Å². The number of rotatable bonds is 5. The van der Waals surface area contributed by atoms with E-state index in [-0.39, 0.29) is 11.8 Å². The van der Waals surface area contributed by atoms with E-state index in [1.165, 1.54) is 0 Å². The number of hydrogen-bond donors (Lipinski definition) is 3. The number of carbonyl (C=O) groups is 1. The van der Waals surface area contributed by atoms with Gasteiger partial charge in [0.15, 0.2) is 0 Å². The average Bonchev–Trinajstić information content (AvgIpc) is 2.11. The molecule has 1 amide bonds. The van der Waals surface area contributed by atoms with Crippen molar-refractivity contribution in [1.82, 2.24) is 10.6 Å². The fraction of sp³-hybridized carbons (Fsp3) is 0.909. The summed E-state index contributed by atoms with van der Waals surface area (Å²) in [6, 6.07) is 0. The van der Waals surface area contributed by atoms with Gasteiger partial charge in [-0.25, -0.2) is 0 Å². The highest BCUT2D eigenvalue weighted by Crippen LogP contribution is 2.16. The second kappa shape index (κ2) is 4.94. The third-order valence-corrected chi connectivity index (χ3v) is 3.34. The van der Waals surface area contributed by atoms with Crippen molar-refractivity contribution in [3.63, 3.8) is 0 Å². The van der Waals surface area contributed by atoms with Crippen LogP contribution in [-0.4, -0.2) is 36.2 Å². The first-order chi connectivity index (χ1) is 6.96. The van der Waals surface area contributed by atoms with Gasteiger partial charge in [0.05, 0.1) is 5.60 Å². The largest absolute Gasteiger partial charge is 0.388 e. The molecule has 1 rings (SSSR count). The summed E-state index contributed by atoms with van der Waals surface area (Å²) in [6.45, 7) is 7.79. The molecule has 88 valence electrons. The zero-order chi connectivity index (χ0) is 11.5. The predicted octanol–water partition coefficient (Wildman–Crippen LogP) is 0.119. The van der Waals surface area contributed by atoms with Crippen molar-refractivity contribution in [1.29, 1.82) is 0 Å². The Labute approximate surface area is 91.4 Å². The van der Waals surface area contributed by atoms with Crippen LogP contribution in [0.15, 0.2) is 0 Å². The fourth-order valence-electron chi connectivity index (χ4n) is 1.44. The Hall–Kier alpha value is -0.610. The van der Waals surface area contributed by atoms with Crippen molar-refractivity contribution in [2.75, 3.05) is 19.6 Å². The van der Waals surface area contributed by atoms with Crippen molar-refractivity contribution in [2.45, 2.75) is 32.8 Å². The quantitative estimate of drug-likeness (QED) is 0.609. The van der Waals surface area contributed by atoms with Gasteiger partial charge in [0, 0.05) is 12.5 Å². The van der Waals surface area contributed by atoms with Crippen molar-refractivity contribution in [3.8, 4) is 0 Å². The maximum atomic E-state index is 11.7. The van der Waals surface area contributed by atoms with Crippen molar-refractivity contribution < 1.29 is 9.90 Å². The van der Waals surface area contributed by atoms with Gasteiger partial charge in [0.2, 0.25) is 5.91 Å². The molecule has 1 saturated heterocycles. The third kappa shape index (κ3) is 3.47. The highest BCUT2D eigenvalue weighted by Gasteiger charge is 2.29. The van der Waals surface area contributed by atoms with Gasteiger partial charge in [-0.3, -0.25) is 4.79 Å². The Morgan fingerprint density at radius 2 is 2.27 bits per heavy atom. The molecule has 3 N–H and O–H groups in total. The Morgan fingerprint density at radius 1 is 1.67 bits per heavy atom. The van der Waals surface area contributed by atoms with E-state index in [0.29, 0.717) is 18.9 Å². The predicted molar refractivity (Wildman–Crippen MR) is 59.4 cm³/mol. The maximum absolute atomic E-state index is 11.7. The summed E-state index contributed by atoms with van der Waals surface area (Å²) in [5.41, 5.74) is -0.784.